The van der Waals surface area contributed by atoms with Crippen molar-refractivity contribution in [3.63, 3.8) is 0 Å². The molecule has 0 N–H and O–H groups in total. The van der Waals surface area contributed by atoms with E-state index >= 15 is 0 Å². The number of aryl methyl sites for hydroxylation is 1. The van der Waals surface area contributed by atoms with E-state index in [1.807, 2.05) is 4.57 Å². The van der Waals surface area contributed by atoms with E-state index in [1.165, 1.54) is 30.6 Å². The molecule has 9 heteroatoms. The molecule has 1 heterocycles. The van der Waals surface area contributed by atoms with Crippen molar-refractivity contribution < 1.29 is 22.7 Å². The summed E-state index contributed by atoms with van der Waals surface area (Å²) in [6, 6.07) is 4.16. The SMILES string of the molecule is CO/N=c1\sc2cc(OC(F)(F)F)ccc2n1CCS. The van der Waals surface area contributed by atoms with Gasteiger partial charge >= 0.3 is 6.36 Å². The quantitative estimate of drug-likeness (QED) is 0.693. The lowest BCUT2D eigenvalue weighted by atomic mass is 10.3. The summed E-state index contributed by atoms with van der Waals surface area (Å²) in [6.07, 6.45) is -4.70. The van der Waals surface area contributed by atoms with Crippen molar-refractivity contribution >= 4 is 34.2 Å². The van der Waals surface area contributed by atoms with Crippen LogP contribution in [0, 0.1) is 0 Å². The van der Waals surface area contributed by atoms with Crippen LogP contribution in [0.5, 0.6) is 5.75 Å². The molecule has 1 aromatic heterocycles. The molecule has 0 fully saturated rings. The van der Waals surface area contributed by atoms with Gasteiger partial charge in [-0.15, -0.1) is 13.2 Å². The third-order valence-electron chi connectivity index (χ3n) is 2.38. The van der Waals surface area contributed by atoms with Gasteiger partial charge in [-0.2, -0.15) is 12.6 Å². The Morgan fingerprint density at radius 3 is 2.75 bits per heavy atom. The minimum atomic E-state index is -4.70. The van der Waals surface area contributed by atoms with Crippen LogP contribution in [0.25, 0.3) is 10.2 Å². The first-order chi connectivity index (χ1) is 9.44. The predicted molar refractivity (Wildman–Crippen MR) is 72.9 cm³/mol. The second kappa shape index (κ2) is 5.96. The zero-order chi connectivity index (χ0) is 14.8. The van der Waals surface area contributed by atoms with Crippen LogP contribution in [0.15, 0.2) is 23.4 Å². The van der Waals surface area contributed by atoms with Gasteiger partial charge in [-0.25, -0.2) is 0 Å². The molecule has 0 saturated carbocycles. The number of hydrogen-bond acceptors (Lipinski definition) is 5. The summed E-state index contributed by atoms with van der Waals surface area (Å²) in [7, 11) is 1.41. The number of fused-ring (bicyclic) bond motifs is 1. The molecule has 0 unspecified atom stereocenters. The average molecular weight is 324 g/mol. The van der Waals surface area contributed by atoms with Crippen molar-refractivity contribution in [3.8, 4) is 5.75 Å². The minimum Gasteiger partial charge on any atom is -0.406 e. The molecule has 0 bridgehead atoms. The Bertz CT molecular complexity index is 664. The lowest BCUT2D eigenvalue weighted by molar-refractivity contribution is -0.274. The normalized spacial score (nSPS) is 12.9. The Morgan fingerprint density at radius 2 is 2.15 bits per heavy atom. The smallest absolute Gasteiger partial charge is 0.406 e. The van der Waals surface area contributed by atoms with Gasteiger partial charge in [0.15, 0.2) is 0 Å². The van der Waals surface area contributed by atoms with E-state index in [0.29, 0.717) is 21.8 Å². The zero-order valence-corrected chi connectivity index (χ0v) is 12.1. The molecule has 0 aliphatic heterocycles. The van der Waals surface area contributed by atoms with E-state index in [1.54, 1.807) is 6.07 Å². The molecule has 0 spiro atoms. The van der Waals surface area contributed by atoms with Gasteiger partial charge in [-0.3, -0.25) is 0 Å². The second-order valence-electron chi connectivity index (χ2n) is 3.71. The maximum atomic E-state index is 12.2. The molecule has 0 amide bonds. The van der Waals surface area contributed by atoms with Crippen molar-refractivity contribution in [2.75, 3.05) is 12.9 Å². The van der Waals surface area contributed by atoms with Crippen molar-refractivity contribution in [1.82, 2.24) is 4.57 Å². The van der Waals surface area contributed by atoms with Crippen LogP contribution in [0.4, 0.5) is 13.2 Å². The van der Waals surface area contributed by atoms with Gasteiger partial charge < -0.3 is 14.1 Å². The first kappa shape index (κ1) is 15.0. The number of thiol groups is 1. The number of alkyl halides is 3. The number of rotatable bonds is 4. The fraction of sp³-hybridized carbons (Fsp3) is 0.364. The van der Waals surface area contributed by atoms with Crippen LogP contribution in [0.1, 0.15) is 0 Å². The van der Waals surface area contributed by atoms with Crippen LogP contribution >= 0.6 is 24.0 Å². The number of nitrogens with zero attached hydrogens (tertiary/aromatic N) is 2. The van der Waals surface area contributed by atoms with E-state index in [2.05, 4.69) is 22.5 Å². The zero-order valence-electron chi connectivity index (χ0n) is 10.3. The summed E-state index contributed by atoms with van der Waals surface area (Å²) in [4.78, 5) is 5.29. The van der Waals surface area contributed by atoms with Crippen molar-refractivity contribution in [2.45, 2.75) is 12.9 Å². The molecule has 0 radical (unpaired) electrons. The van der Waals surface area contributed by atoms with E-state index in [9.17, 15) is 13.2 Å². The number of halogens is 3. The van der Waals surface area contributed by atoms with Crippen LogP contribution < -0.4 is 9.54 Å². The molecular weight excluding hydrogens is 313 g/mol. The van der Waals surface area contributed by atoms with E-state index in [4.69, 9.17) is 4.84 Å². The largest absolute Gasteiger partial charge is 0.573 e. The summed E-state index contributed by atoms with van der Waals surface area (Å²) < 4.78 is 42.9. The van der Waals surface area contributed by atoms with Gasteiger partial charge in [0.05, 0.1) is 10.2 Å². The number of thiazole rings is 1. The molecule has 110 valence electrons. The highest BCUT2D eigenvalue weighted by atomic mass is 32.1. The van der Waals surface area contributed by atoms with Crippen LogP contribution in [0.3, 0.4) is 0 Å². The minimum absolute atomic E-state index is 0.256. The maximum Gasteiger partial charge on any atom is 0.573 e. The summed E-state index contributed by atoms with van der Waals surface area (Å²) in [5.41, 5.74) is 0.759. The monoisotopic (exact) mass is 324 g/mol. The number of ether oxygens (including phenoxy) is 1. The molecule has 0 saturated heterocycles. The topological polar surface area (TPSA) is 35.8 Å². The molecular formula is C11H11F3N2O2S2. The Kier molecular flexibility index (Phi) is 4.48. The number of aromatic nitrogens is 1. The Labute approximate surface area is 121 Å². The lowest BCUT2D eigenvalue weighted by Gasteiger charge is -2.08. The molecule has 4 nitrogen and oxygen atoms in total. The highest BCUT2D eigenvalue weighted by molar-refractivity contribution is 7.80. The second-order valence-corrected chi connectivity index (χ2v) is 5.17. The molecule has 0 aliphatic rings. The third kappa shape index (κ3) is 3.40. The van der Waals surface area contributed by atoms with E-state index in [0.717, 1.165) is 5.52 Å². The van der Waals surface area contributed by atoms with E-state index in [-0.39, 0.29) is 5.75 Å². The van der Waals surface area contributed by atoms with Crippen molar-refractivity contribution in [3.05, 3.63) is 23.0 Å². The third-order valence-corrected chi connectivity index (χ3v) is 3.61. The summed E-state index contributed by atoms with van der Waals surface area (Å²) >= 11 is 5.37. The van der Waals surface area contributed by atoms with Gasteiger partial charge in [0.25, 0.3) is 0 Å². The summed E-state index contributed by atoms with van der Waals surface area (Å²) in [6.45, 7) is 0.574. The molecule has 20 heavy (non-hydrogen) atoms. The molecule has 2 aromatic rings. The van der Waals surface area contributed by atoms with Gasteiger partial charge in [0.1, 0.15) is 12.9 Å². The summed E-state index contributed by atoms with van der Waals surface area (Å²) in [5, 5.41) is 3.85. The Balaban J connectivity index is 2.51. The highest BCUT2D eigenvalue weighted by Crippen LogP contribution is 2.27. The van der Waals surface area contributed by atoms with Gasteiger partial charge in [0, 0.05) is 12.3 Å². The number of benzene rings is 1. The highest BCUT2D eigenvalue weighted by Gasteiger charge is 2.31. The van der Waals surface area contributed by atoms with E-state index < -0.39 is 6.36 Å². The van der Waals surface area contributed by atoms with Gasteiger partial charge in [-0.05, 0) is 18.2 Å². The van der Waals surface area contributed by atoms with Crippen molar-refractivity contribution in [2.24, 2.45) is 5.16 Å². The summed E-state index contributed by atoms with van der Waals surface area (Å²) in [5.74, 6) is 0.317. The van der Waals surface area contributed by atoms with Gasteiger partial charge in [0.2, 0.25) is 4.80 Å². The van der Waals surface area contributed by atoms with Crippen LogP contribution in [-0.2, 0) is 11.4 Å². The fourth-order valence-corrected chi connectivity index (χ4v) is 2.98. The molecule has 0 aliphatic carbocycles. The first-order valence-corrected chi connectivity index (χ1v) is 6.96. The molecule has 0 atom stereocenters. The van der Waals surface area contributed by atoms with Crippen LogP contribution in [-0.4, -0.2) is 23.8 Å². The standard InChI is InChI=1S/C11H11F3N2O2S2/c1-17-15-10-16(4-5-19)8-3-2-7(6-9(8)20-10)18-11(12,13)14/h2-3,6,19H,4-5H2,1H3/b15-10-. The van der Waals surface area contributed by atoms with Crippen LogP contribution in [0.2, 0.25) is 0 Å². The lowest BCUT2D eigenvalue weighted by Crippen LogP contribution is -2.17. The Morgan fingerprint density at radius 1 is 1.40 bits per heavy atom. The number of hydrogen-bond donors (Lipinski definition) is 1. The predicted octanol–water partition coefficient (Wildman–Crippen LogP) is 2.99. The Hall–Kier alpha value is -1.35. The molecule has 2 rings (SSSR count). The van der Waals surface area contributed by atoms with Gasteiger partial charge in [-0.1, -0.05) is 16.5 Å². The van der Waals surface area contributed by atoms with Crippen molar-refractivity contribution in [1.29, 1.82) is 0 Å². The first-order valence-electron chi connectivity index (χ1n) is 5.52. The maximum absolute atomic E-state index is 12.2. The fourth-order valence-electron chi connectivity index (χ4n) is 1.71. The molecule has 1 aromatic carbocycles. The average Bonchev–Trinajstić information content (AvgIpc) is 2.66.